The van der Waals surface area contributed by atoms with Crippen molar-refractivity contribution in [1.82, 2.24) is 5.32 Å². The molecule has 0 bridgehead atoms. The van der Waals surface area contributed by atoms with Crippen LogP contribution in [-0.2, 0) is 11.2 Å². The number of hydrogen-bond donors (Lipinski definition) is 2. The molecule has 2 aromatic rings. The largest absolute Gasteiger partial charge is 0.369 e. The fraction of sp³-hybridized carbons (Fsp3) is 0.263. The number of amides is 2. The van der Waals surface area contributed by atoms with Crippen LogP contribution in [0.15, 0.2) is 57.9 Å². The van der Waals surface area contributed by atoms with Crippen molar-refractivity contribution in [3.63, 3.8) is 0 Å². The first-order valence-electron chi connectivity index (χ1n) is 8.01. The Bertz CT molecular complexity index is 734. The van der Waals surface area contributed by atoms with Gasteiger partial charge < -0.3 is 11.1 Å². The normalized spacial score (nSPS) is 11.8. The van der Waals surface area contributed by atoms with Gasteiger partial charge in [0.15, 0.2) is 0 Å². The Balaban J connectivity index is 1.92. The molecular formula is C19H21BrN2O2S. The number of aryl methyl sites for hydroxylation is 1. The van der Waals surface area contributed by atoms with Crippen LogP contribution in [0.4, 0.5) is 0 Å². The van der Waals surface area contributed by atoms with Gasteiger partial charge >= 0.3 is 0 Å². The van der Waals surface area contributed by atoms with Crippen LogP contribution in [0.5, 0.6) is 0 Å². The highest BCUT2D eigenvalue weighted by Crippen LogP contribution is 2.22. The Hall–Kier alpha value is -1.79. The molecule has 2 aromatic carbocycles. The van der Waals surface area contributed by atoms with Gasteiger partial charge in [0.2, 0.25) is 5.91 Å². The van der Waals surface area contributed by atoms with E-state index < -0.39 is 5.91 Å². The van der Waals surface area contributed by atoms with Crippen LogP contribution in [-0.4, -0.2) is 23.6 Å². The van der Waals surface area contributed by atoms with Crippen LogP contribution in [0, 0.1) is 0 Å². The van der Waals surface area contributed by atoms with Crippen molar-refractivity contribution in [2.75, 3.05) is 5.75 Å². The minimum atomic E-state index is -0.400. The second kappa shape index (κ2) is 9.63. The number of carbonyl (C=O) groups is 2. The molecule has 1 atom stereocenters. The second-order valence-corrected chi connectivity index (χ2v) is 7.72. The van der Waals surface area contributed by atoms with E-state index in [1.165, 1.54) is 17.3 Å². The lowest BCUT2D eigenvalue weighted by Gasteiger charge is -2.15. The quantitative estimate of drug-likeness (QED) is 0.638. The van der Waals surface area contributed by atoms with E-state index in [0.29, 0.717) is 5.56 Å². The van der Waals surface area contributed by atoms with Crippen LogP contribution >= 0.6 is 27.7 Å². The average Bonchev–Trinajstić information content (AvgIpc) is 2.59. The van der Waals surface area contributed by atoms with Crippen LogP contribution in [0.25, 0.3) is 0 Å². The lowest BCUT2D eigenvalue weighted by molar-refractivity contribution is -0.115. The highest BCUT2D eigenvalue weighted by atomic mass is 79.9. The van der Waals surface area contributed by atoms with E-state index >= 15 is 0 Å². The standard InChI is InChI=1S/C19H21BrN2O2S/c1-13(6-7-14-8-10-15(20)11-9-14)22-19(24)16-4-2-3-5-17(16)25-12-18(21)23/h2-5,8-11,13H,6-7,12H2,1H3,(H2,21,23)(H,22,24). The Kier molecular flexibility index (Phi) is 7.52. The molecule has 0 fully saturated rings. The summed E-state index contributed by atoms with van der Waals surface area (Å²) in [6.07, 6.45) is 1.75. The molecule has 25 heavy (non-hydrogen) atoms. The van der Waals surface area contributed by atoms with Crippen molar-refractivity contribution < 1.29 is 9.59 Å². The maximum absolute atomic E-state index is 12.5. The minimum absolute atomic E-state index is 0.0466. The molecule has 0 heterocycles. The summed E-state index contributed by atoms with van der Waals surface area (Å²) in [4.78, 5) is 24.3. The summed E-state index contributed by atoms with van der Waals surface area (Å²) in [5.74, 6) is -0.373. The van der Waals surface area contributed by atoms with Gasteiger partial charge in [0.05, 0.1) is 11.3 Å². The Labute approximate surface area is 160 Å². The summed E-state index contributed by atoms with van der Waals surface area (Å²) >= 11 is 4.71. The monoisotopic (exact) mass is 420 g/mol. The molecule has 0 aromatic heterocycles. The topological polar surface area (TPSA) is 72.2 Å². The molecule has 0 aliphatic rings. The zero-order valence-electron chi connectivity index (χ0n) is 14.0. The zero-order chi connectivity index (χ0) is 18.2. The van der Waals surface area contributed by atoms with Gasteiger partial charge in [-0.2, -0.15) is 0 Å². The molecule has 3 N–H and O–H groups in total. The molecule has 0 spiro atoms. The number of nitrogens with one attached hydrogen (secondary N) is 1. The first-order valence-corrected chi connectivity index (χ1v) is 9.79. The van der Waals surface area contributed by atoms with Crippen molar-refractivity contribution in [2.24, 2.45) is 5.73 Å². The summed E-state index contributed by atoms with van der Waals surface area (Å²) in [7, 11) is 0. The van der Waals surface area contributed by atoms with Crippen LogP contribution in [0.1, 0.15) is 29.3 Å². The molecule has 0 saturated carbocycles. The van der Waals surface area contributed by atoms with E-state index in [2.05, 4.69) is 33.4 Å². The van der Waals surface area contributed by atoms with Gasteiger partial charge in [0.25, 0.3) is 5.91 Å². The molecule has 4 nitrogen and oxygen atoms in total. The molecular weight excluding hydrogens is 400 g/mol. The molecule has 0 aliphatic heterocycles. The zero-order valence-corrected chi connectivity index (χ0v) is 16.4. The molecule has 0 saturated heterocycles. The summed E-state index contributed by atoms with van der Waals surface area (Å²) in [6.45, 7) is 2.00. The maximum atomic E-state index is 12.5. The van der Waals surface area contributed by atoms with Crippen molar-refractivity contribution >= 4 is 39.5 Å². The predicted octanol–water partition coefficient (Wildman–Crippen LogP) is 3.78. The molecule has 0 aliphatic carbocycles. The van der Waals surface area contributed by atoms with Crippen molar-refractivity contribution in [3.8, 4) is 0 Å². The Morgan fingerprint density at radius 2 is 1.84 bits per heavy atom. The van der Waals surface area contributed by atoms with E-state index in [1.54, 1.807) is 6.07 Å². The van der Waals surface area contributed by atoms with Gasteiger partial charge in [-0.3, -0.25) is 9.59 Å². The van der Waals surface area contributed by atoms with E-state index in [9.17, 15) is 9.59 Å². The van der Waals surface area contributed by atoms with Gasteiger partial charge in [-0.15, -0.1) is 11.8 Å². The molecule has 2 amide bonds. The molecule has 6 heteroatoms. The number of hydrogen-bond acceptors (Lipinski definition) is 3. The van der Waals surface area contributed by atoms with E-state index in [4.69, 9.17) is 5.73 Å². The number of thioether (sulfide) groups is 1. The van der Waals surface area contributed by atoms with Gasteiger partial charge in [-0.1, -0.05) is 40.2 Å². The third-order valence-corrected chi connectivity index (χ3v) is 5.28. The number of halogens is 1. The van der Waals surface area contributed by atoms with Gasteiger partial charge in [0.1, 0.15) is 0 Å². The smallest absolute Gasteiger partial charge is 0.252 e. The number of nitrogens with two attached hydrogens (primary N) is 1. The number of benzene rings is 2. The van der Waals surface area contributed by atoms with Crippen LogP contribution in [0.2, 0.25) is 0 Å². The fourth-order valence-corrected chi connectivity index (χ4v) is 3.39. The predicted molar refractivity (Wildman–Crippen MR) is 106 cm³/mol. The molecule has 132 valence electrons. The fourth-order valence-electron chi connectivity index (χ4n) is 2.34. The summed E-state index contributed by atoms with van der Waals surface area (Å²) < 4.78 is 1.06. The summed E-state index contributed by atoms with van der Waals surface area (Å²) in [5.41, 5.74) is 7.00. The third kappa shape index (κ3) is 6.55. The highest BCUT2D eigenvalue weighted by molar-refractivity contribution is 9.10. The van der Waals surface area contributed by atoms with Gasteiger partial charge in [0, 0.05) is 15.4 Å². The van der Waals surface area contributed by atoms with Crippen LogP contribution < -0.4 is 11.1 Å². The first kappa shape index (κ1) is 19.5. The molecule has 2 rings (SSSR count). The lowest BCUT2D eigenvalue weighted by Crippen LogP contribution is -2.33. The SMILES string of the molecule is CC(CCc1ccc(Br)cc1)NC(=O)c1ccccc1SCC(N)=O. The molecule has 0 radical (unpaired) electrons. The average molecular weight is 421 g/mol. The van der Waals surface area contributed by atoms with Crippen molar-refractivity contribution in [2.45, 2.75) is 30.7 Å². The second-order valence-electron chi connectivity index (χ2n) is 5.79. The first-order chi connectivity index (χ1) is 12.0. The van der Waals surface area contributed by atoms with Gasteiger partial charge in [-0.25, -0.2) is 0 Å². The van der Waals surface area contributed by atoms with Crippen molar-refractivity contribution in [1.29, 1.82) is 0 Å². The maximum Gasteiger partial charge on any atom is 0.252 e. The summed E-state index contributed by atoms with van der Waals surface area (Å²) in [5, 5.41) is 3.03. The lowest BCUT2D eigenvalue weighted by atomic mass is 10.1. The third-order valence-electron chi connectivity index (χ3n) is 3.66. The number of primary amides is 1. The minimum Gasteiger partial charge on any atom is -0.369 e. The van der Waals surface area contributed by atoms with Gasteiger partial charge in [-0.05, 0) is 49.6 Å². The Morgan fingerprint density at radius 1 is 1.16 bits per heavy atom. The molecule has 1 unspecified atom stereocenters. The Morgan fingerprint density at radius 3 is 2.52 bits per heavy atom. The van der Waals surface area contributed by atoms with E-state index in [1.807, 2.05) is 37.3 Å². The van der Waals surface area contributed by atoms with E-state index in [0.717, 1.165) is 22.2 Å². The summed E-state index contributed by atoms with van der Waals surface area (Å²) in [6, 6.07) is 15.5. The van der Waals surface area contributed by atoms with Crippen molar-refractivity contribution in [3.05, 3.63) is 64.1 Å². The number of rotatable bonds is 8. The van der Waals surface area contributed by atoms with E-state index in [-0.39, 0.29) is 17.7 Å². The highest BCUT2D eigenvalue weighted by Gasteiger charge is 2.14. The number of carbonyl (C=O) groups excluding carboxylic acids is 2. The van der Waals surface area contributed by atoms with Crippen LogP contribution in [0.3, 0.4) is 0 Å².